The van der Waals surface area contributed by atoms with Crippen molar-refractivity contribution in [1.29, 1.82) is 0 Å². The monoisotopic (exact) mass is 307 g/mol. The molecule has 0 spiro atoms. The molecule has 116 valence electrons. The van der Waals surface area contributed by atoms with E-state index in [0.29, 0.717) is 24.1 Å². The first-order valence-electron chi connectivity index (χ1n) is 7.40. The number of nitrogens with one attached hydrogen (secondary N) is 2. The van der Waals surface area contributed by atoms with E-state index < -0.39 is 0 Å². The molecule has 1 aliphatic rings. The van der Waals surface area contributed by atoms with E-state index in [-0.39, 0.29) is 11.8 Å². The highest BCUT2D eigenvalue weighted by molar-refractivity contribution is 6.07. The van der Waals surface area contributed by atoms with Gasteiger partial charge in [-0.3, -0.25) is 14.6 Å². The molecular weight excluding hydrogens is 290 g/mol. The molecule has 2 amide bonds. The molecular formula is C18H17N3O2. The lowest BCUT2D eigenvalue weighted by atomic mass is 10.0. The van der Waals surface area contributed by atoms with E-state index in [0.717, 1.165) is 22.5 Å². The average molecular weight is 307 g/mol. The minimum Gasteiger partial charge on any atom is -0.326 e. The molecule has 23 heavy (non-hydrogen) atoms. The molecule has 2 N–H and O–H groups in total. The number of benzene rings is 1. The van der Waals surface area contributed by atoms with Crippen LogP contribution in [0.25, 0.3) is 6.08 Å². The van der Waals surface area contributed by atoms with Crippen molar-refractivity contribution in [1.82, 2.24) is 4.98 Å². The van der Waals surface area contributed by atoms with Gasteiger partial charge in [-0.05, 0) is 43.2 Å². The van der Waals surface area contributed by atoms with Gasteiger partial charge in [0.1, 0.15) is 0 Å². The number of carbonyl (C=O) groups is 2. The zero-order valence-electron chi connectivity index (χ0n) is 12.8. The minimum absolute atomic E-state index is 0.0252. The number of rotatable bonds is 3. The number of anilines is 2. The summed E-state index contributed by atoms with van der Waals surface area (Å²) in [6.45, 7) is 5.59. The van der Waals surface area contributed by atoms with Crippen LogP contribution < -0.4 is 10.6 Å². The summed E-state index contributed by atoms with van der Waals surface area (Å²) < 4.78 is 0. The van der Waals surface area contributed by atoms with Crippen LogP contribution in [0, 0.1) is 6.92 Å². The highest BCUT2D eigenvalue weighted by Crippen LogP contribution is 2.26. The lowest BCUT2D eigenvalue weighted by Crippen LogP contribution is -2.19. The third-order valence-corrected chi connectivity index (χ3v) is 3.90. The first kappa shape index (κ1) is 15.0. The van der Waals surface area contributed by atoms with Crippen LogP contribution in [0.4, 0.5) is 11.4 Å². The standard InChI is InChI=1S/C18H17N3O2/c1-3-14-11(2)19-9-8-15(14)18(23)20-13-5-6-16-12(10-13)4-7-17(22)21-16/h3,5-6,8-10H,1,4,7H2,2H3,(H,20,23)(H,21,22). The Bertz CT molecular complexity index is 812. The molecule has 0 bridgehead atoms. The highest BCUT2D eigenvalue weighted by Gasteiger charge is 2.16. The molecule has 0 atom stereocenters. The van der Waals surface area contributed by atoms with E-state index in [1.165, 1.54) is 0 Å². The van der Waals surface area contributed by atoms with E-state index in [4.69, 9.17) is 0 Å². The minimum atomic E-state index is -0.204. The Balaban J connectivity index is 1.85. The summed E-state index contributed by atoms with van der Waals surface area (Å²) in [6.07, 6.45) is 4.39. The predicted molar refractivity (Wildman–Crippen MR) is 90.4 cm³/mol. The number of carbonyl (C=O) groups excluding carboxylic acids is 2. The smallest absolute Gasteiger partial charge is 0.256 e. The summed E-state index contributed by atoms with van der Waals surface area (Å²) in [5, 5.41) is 5.72. The van der Waals surface area contributed by atoms with Crippen LogP contribution in [0.2, 0.25) is 0 Å². The maximum Gasteiger partial charge on any atom is 0.256 e. The number of hydrogen-bond donors (Lipinski definition) is 2. The fraction of sp³-hybridized carbons (Fsp3) is 0.167. The Morgan fingerprint density at radius 3 is 2.96 bits per heavy atom. The Labute approximate surface area is 134 Å². The van der Waals surface area contributed by atoms with Gasteiger partial charge in [0.15, 0.2) is 0 Å². The largest absolute Gasteiger partial charge is 0.326 e. The Morgan fingerprint density at radius 1 is 1.35 bits per heavy atom. The van der Waals surface area contributed by atoms with Crippen molar-refractivity contribution in [3.8, 4) is 0 Å². The van der Waals surface area contributed by atoms with Gasteiger partial charge in [-0.1, -0.05) is 12.7 Å². The van der Waals surface area contributed by atoms with E-state index in [2.05, 4.69) is 22.2 Å². The second-order valence-corrected chi connectivity index (χ2v) is 5.44. The molecule has 1 aromatic carbocycles. The molecule has 5 nitrogen and oxygen atoms in total. The second-order valence-electron chi connectivity index (χ2n) is 5.44. The van der Waals surface area contributed by atoms with Crippen molar-refractivity contribution in [2.75, 3.05) is 10.6 Å². The van der Waals surface area contributed by atoms with Gasteiger partial charge < -0.3 is 10.6 Å². The van der Waals surface area contributed by atoms with Gasteiger partial charge in [-0.2, -0.15) is 0 Å². The van der Waals surface area contributed by atoms with Crippen LogP contribution in [0.3, 0.4) is 0 Å². The molecule has 0 saturated heterocycles. The van der Waals surface area contributed by atoms with Crippen LogP contribution in [-0.2, 0) is 11.2 Å². The maximum absolute atomic E-state index is 12.5. The Kier molecular flexibility index (Phi) is 3.93. The van der Waals surface area contributed by atoms with Crippen molar-refractivity contribution in [3.63, 3.8) is 0 Å². The topological polar surface area (TPSA) is 71.1 Å². The molecule has 2 aromatic rings. The van der Waals surface area contributed by atoms with Crippen molar-refractivity contribution in [2.24, 2.45) is 0 Å². The van der Waals surface area contributed by atoms with Crippen molar-refractivity contribution in [3.05, 3.63) is 59.4 Å². The first-order chi connectivity index (χ1) is 11.1. The third kappa shape index (κ3) is 2.99. The molecule has 3 rings (SSSR count). The SMILES string of the molecule is C=Cc1c(C(=O)Nc2ccc3c(c2)CCC(=O)N3)ccnc1C. The molecule has 5 heteroatoms. The zero-order chi connectivity index (χ0) is 16.4. The fourth-order valence-corrected chi connectivity index (χ4v) is 2.69. The summed E-state index contributed by atoms with van der Waals surface area (Å²) in [6, 6.07) is 7.17. The third-order valence-electron chi connectivity index (χ3n) is 3.90. The van der Waals surface area contributed by atoms with Crippen molar-refractivity contribution in [2.45, 2.75) is 19.8 Å². The lowest BCUT2D eigenvalue weighted by molar-refractivity contribution is -0.116. The number of amides is 2. The molecule has 0 aliphatic carbocycles. The molecule has 1 aliphatic heterocycles. The summed E-state index contributed by atoms with van der Waals surface area (Å²) in [5.41, 5.74) is 4.58. The van der Waals surface area contributed by atoms with E-state index >= 15 is 0 Å². The molecule has 0 unspecified atom stereocenters. The van der Waals surface area contributed by atoms with Gasteiger partial charge in [0.25, 0.3) is 5.91 Å². The summed E-state index contributed by atoms with van der Waals surface area (Å²) in [5.74, 6) is -0.178. The van der Waals surface area contributed by atoms with Gasteiger partial charge in [0.05, 0.1) is 5.56 Å². The molecule has 2 heterocycles. The average Bonchev–Trinajstić information content (AvgIpc) is 2.54. The summed E-state index contributed by atoms with van der Waals surface area (Å²) in [4.78, 5) is 28.1. The molecule has 0 radical (unpaired) electrons. The highest BCUT2D eigenvalue weighted by atomic mass is 16.2. The first-order valence-corrected chi connectivity index (χ1v) is 7.40. The molecule has 0 fully saturated rings. The second kappa shape index (κ2) is 6.04. The number of hydrogen-bond acceptors (Lipinski definition) is 3. The van der Waals surface area contributed by atoms with Gasteiger partial charge in [0, 0.05) is 35.2 Å². The van der Waals surface area contributed by atoms with Crippen LogP contribution in [-0.4, -0.2) is 16.8 Å². The number of aromatic nitrogens is 1. The Hall–Kier alpha value is -2.95. The van der Waals surface area contributed by atoms with Crippen LogP contribution >= 0.6 is 0 Å². The van der Waals surface area contributed by atoms with Gasteiger partial charge in [-0.15, -0.1) is 0 Å². The number of pyridine rings is 1. The van der Waals surface area contributed by atoms with Crippen LogP contribution in [0.1, 0.15) is 33.6 Å². The number of nitrogens with zero attached hydrogens (tertiary/aromatic N) is 1. The number of aryl methyl sites for hydroxylation is 2. The maximum atomic E-state index is 12.5. The lowest BCUT2D eigenvalue weighted by Gasteiger charge is -2.18. The Morgan fingerprint density at radius 2 is 2.17 bits per heavy atom. The summed E-state index contributed by atoms with van der Waals surface area (Å²) >= 11 is 0. The van der Waals surface area contributed by atoms with Crippen molar-refractivity contribution >= 4 is 29.3 Å². The van der Waals surface area contributed by atoms with Gasteiger partial charge in [0.2, 0.25) is 5.91 Å². The van der Waals surface area contributed by atoms with Gasteiger partial charge in [-0.25, -0.2) is 0 Å². The molecule has 0 saturated carbocycles. The molecule has 1 aromatic heterocycles. The fourth-order valence-electron chi connectivity index (χ4n) is 2.69. The van der Waals surface area contributed by atoms with E-state index in [9.17, 15) is 9.59 Å². The van der Waals surface area contributed by atoms with Gasteiger partial charge >= 0.3 is 0 Å². The van der Waals surface area contributed by atoms with E-state index in [1.807, 2.05) is 19.1 Å². The quantitative estimate of drug-likeness (QED) is 0.915. The van der Waals surface area contributed by atoms with E-state index in [1.54, 1.807) is 24.4 Å². The normalized spacial score (nSPS) is 13.0. The number of fused-ring (bicyclic) bond motifs is 1. The summed E-state index contributed by atoms with van der Waals surface area (Å²) in [7, 11) is 0. The van der Waals surface area contributed by atoms with Crippen LogP contribution in [0.5, 0.6) is 0 Å². The zero-order valence-corrected chi connectivity index (χ0v) is 12.8. The van der Waals surface area contributed by atoms with Crippen molar-refractivity contribution < 1.29 is 9.59 Å². The van der Waals surface area contributed by atoms with Crippen LogP contribution in [0.15, 0.2) is 37.0 Å². The predicted octanol–water partition coefficient (Wildman–Crippen LogP) is 3.17.